The second-order valence-electron chi connectivity index (χ2n) is 6.10. The maximum absolute atomic E-state index is 12.1. The van der Waals surface area contributed by atoms with E-state index in [1.165, 1.54) is 5.56 Å². The topological polar surface area (TPSA) is 76.7 Å². The lowest BCUT2D eigenvalue weighted by Crippen LogP contribution is -2.19. The van der Waals surface area contributed by atoms with Crippen molar-refractivity contribution < 1.29 is 9.53 Å². The fourth-order valence-electron chi connectivity index (χ4n) is 2.49. The van der Waals surface area contributed by atoms with Crippen molar-refractivity contribution in [2.24, 2.45) is 5.10 Å². The molecule has 3 aromatic carbocycles. The van der Waals surface area contributed by atoms with Crippen LogP contribution in [-0.4, -0.2) is 12.1 Å². The van der Waals surface area contributed by atoms with Gasteiger partial charge in [-0.25, -0.2) is 5.43 Å². The Labute approximate surface area is 158 Å². The van der Waals surface area contributed by atoms with Gasteiger partial charge in [0, 0.05) is 11.3 Å². The van der Waals surface area contributed by atoms with Crippen LogP contribution in [0.25, 0.3) is 0 Å². The van der Waals surface area contributed by atoms with Gasteiger partial charge >= 0.3 is 0 Å². The molecule has 5 nitrogen and oxygen atoms in total. The number of nitrogens with one attached hydrogen (secondary N) is 1. The minimum absolute atomic E-state index is 0.359. The number of rotatable bonds is 6. The Balaban J connectivity index is 1.65. The van der Waals surface area contributed by atoms with E-state index in [9.17, 15) is 4.79 Å². The third kappa shape index (κ3) is 4.95. The predicted octanol–water partition coefficient (Wildman–Crippen LogP) is 3.92. The van der Waals surface area contributed by atoms with Crippen LogP contribution in [0.3, 0.4) is 0 Å². The van der Waals surface area contributed by atoms with Crippen LogP contribution in [0.15, 0.2) is 77.9 Å². The molecule has 0 bridgehead atoms. The number of amides is 1. The molecule has 0 atom stereocenters. The van der Waals surface area contributed by atoms with Gasteiger partial charge in [0.25, 0.3) is 5.91 Å². The van der Waals surface area contributed by atoms with E-state index in [-0.39, 0.29) is 5.91 Å². The number of aryl methyl sites for hydroxylation is 1. The van der Waals surface area contributed by atoms with E-state index in [2.05, 4.69) is 22.7 Å². The minimum Gasteiger partial charge on any atom is -0.488 e. The van der Waals surface area contributed by atoms with Crippen LogP contribution in [0, 0.1) is 6.92 Å². The van der Waals surface area contributed by atoms with E-state index in [1.807, 2.05) is 43.3 Å². The van der Waals surface area contributed by atoms with Gasteiger partial charge in [0.1, 0.15) is 12.4 Å². The minimum atomic E-state index is -0.359. The number of hydrogen-bond donors (Lipinski definition) is 2. The van der Waals surface area contributed by atoms with E-state index >= 15 is 0 Å². The molecule has 0 unspecified atom stereocenters. The number of nitrogen functional groups attached to an aromatic ring is 1. The highest BCUT2D eigenvalue weighted by molar-refractivity contribution is 5.99. The Bertz CT molecular complexity index is 950. The Morgan fingerprint density at radius 2 is 1.74 bits per heavy atom. The first-order chi connectivity index (χ1) is 13.1. The molecular weight excluding hydrogens is 338 g/mol. The summed E-state index contributed by atoms with van der Waals surface area (Å²) < 4.78 is 5.90. The number of carbonyl (C=O) groups is 1. The zero-order valence-electron chi connectivity index (χ0n) is 15.1. The van der Waals surface area contributed by atoms with Gasteiger partial charge in [-0.15, -0.1) is 0 Å². The lowest BCUT2D eigenvalue weighted by atomic mass is 10.1. The SMILES string of the molecule is Cc1ccc(COc2ccccc2/C=N\NC(=O)c2ccccc2N)cc1. The number of nitrogens with zero attached hydrogens (tertiary/aromatic N) is 1. The molecular formula is C22H21N3O2. The summed E-state index contributed by atoms with van der Waals surface area (Å²) in [5, 5.41) is 4.03. The monoisotopic (exact) mass is 359 g/mol. The number of benzene rings is 3. The van der Waals surface area contributed by atoms with Crippen LogP contribution in [0.1, 0.15) is 27.0 Å². The second kappa shape index (κ2) is 8.67. The van der Waals surface area contributed by atoms with E-state index in [1.54, 1.807) is 30.5 Å². The summed E-state index contributed by atoms with van der Waals surface area (Å²) in [4.78, 5) is 12.1. The summed E-state index contributed by atoms with van der Waals surface area (Å²) in [6.45, 7) is 2.51. The van der Waals surface area contributed by atoms with Gasteiger partial charge in [0.15, 0.2) is 0 Å². The van der Waals surface area contributed by atoms with Crippen LogP contribution in [-0.2, 0) is 6.61 Å². The molecule has 3 aromatic rings. The van der Waals surface area contributed by atoms with Crippen LogP contribution in [0.4, 0.5) is 5.69 Å². The fourth-order valence-corrected chi connectivity index (χ4v) is 2.49. The molecule has 3 rings (SSSR count). The van der Waals surface area contributed by atoms with Gasteiger partial charge in [0.2, 0.25) is 0 Å². The zero-order valence-corrected chi connectivity index (χ0v) is 15.1. The molecule has 0 fully saturated rings. The van der Waals surface area contributed by atoms with Crippen molar-refractivity contribution in [3.05, 3.63) is 95.1 Å². The normalized spacial score (nSPS) is 10.7. The standard InChI is InChI=1S/C22H21N3O2/c1-16-10-12-17(13-11-16)15-27-21-9-5-2-6-18(21)14-24-25-22(26)19-7-3-4-8-20(19)23/h2-14H,15,23H2,1H3,(H,25,26)/b24-14-. The van der Waals surface area contributed by atoms with Gasteiger partial charge in [-0.1, -0.05) is 54.1 Å². The zero-order chi connectivity index (χ0) is 19.1. The molecule has 0 radical (unpaired) electrons. The van der Waals surface area contributed by atoms with Gasteiger partial charge in [-0.05, 0) is 36.8 Å². The Hall–Kier alpha value is -3.60. The van der Waals surface area contributed by atoms with E-state index in [0.29, 0.717) is 23.6 Å². The number of para-hydroxylation sites is 2. The fraction of sp³-hybridized carbons (Fsp3) is 0.0909. The summed E-state index contributed by atoms with van der Waals surface area (Å²) in [6, 6.07) is 22.6. The summed E-state index contributed by atoms with van der Waals surface area (Å²) >= 11 is 0. The maximum atomic E-state index is 12.1. The highest BCUT2D eigenvalue weighted by atomic mass is 16.5. The first kappa shape index (κ1) is 18.2. The number of hydrogen-bond acceptors (Lipinski definition) is 4. The summed E-state index contributed by atoms with van der Waals surface area (Å²) in [6.07, 6.45) is 1.56. The quantitative estimate of drug-likeness (QED) is 0.398. The molecule has 0 heterocycles. The van der Waals surface area contributed by atoms with Crippen molar-refractivity contribution in [1.82, 2.24) is 5.43 Å². The van der Waals surface area contributed by atoms with Gasteiger partial charge in [-0.2, -0.15) is 5.10 Å². The number of nitrogens with two attached hydrogens (primary N) is 1. The predicted molar refractivity (Wildman–Crippen MR) is 108 cm³/mol. The van der Waals surface area contributed by atoms with Gasteiger partial charge in [-0.3, -0.25) is 4.79 Å². The van der Waals surface area contributed by atoms with Crippen LogP contribution in [0.5, 0.6) is 5.75 Å². The lowest BCUT2D eigenvalue weighted by Gasteiger charge is -2.09. The molecule has 27 heavy (non-hydrogen) atoms. The molecule has 136 valence electrons. The Morgan fingerprint density at radius 1 is 1.04 bits per heavy atom. The maximum Gasteiger partial charge on any atom is 0.273 e. The number of hydrazone groups is 1. The molecule has 0 spiro atoms. The van der Waals surface area contributed by atoms with Gasteiger partial charge in [0.05, 0.1) is 11.8 Å². The lowest BCUT2D eigenvalue weighted by molar-refractivity contribution is 0.0956. The van der Waals surface area contributed by atoms with E-state index in [0.717, 1.165) is 11.1 Å². The number of carbonyl (C=O) groups excluding carboxylic acids is 1. The van der Waals surface area contributed by atoms with Gasteiger partial charge < -0.3 is 10.5 Å². The number of ether oxygens (including phenoxy) is 1. The first-order valence-electron chi connectivity index (χ1n) is 8.59. The summed E-state index contributed by atoms with van der Waals surface area (Å²) in [5.74, 6) is 0.331. The highest BCUT2D eigenvalue weighted by Crippen LogP contribution is 2.18. The summed E-state index contributed by atoms with van der Waals surface area (Å²) in [7, 11) is 0. The van der Waals surface area contributed by atoms with Crippen LogP contribution < -0.4 is 15.9 Å². The third-order valence-electron chi connectivity index (χ3n) is 4.01. The Morgan fingerprint density at radius 3 is 2.52 bits per heavy atom. The van der Waals surface area contributed by atoms with Crippen molar-refractivity contribution >= 4 is 17.8 Å². The molecule has 0 aliphatic rings. The van der Waals surface area contributed by atoms with Crippen molar-refractivity contribution in [3.63, 3.8) is 0 Å². The molecule has 1 amide bonds. The molecule has 3 N–H and O–H groups in total. The van der Waals surface area contributed by atoms with Crippen molar-refractivity contribution in [3.8, 4) is 5.75 Å². The average molecular weight is 359 g/mol. The smallest absolute Gasteiger partial charge is 0.273 e. The number of anilines is 1. The summed E-state index contributed by atoms with van der Waals surface area (Å²) in [5.41, 5.74) is 12.1. The van der Waals surface area contributed by atoms with Crippen molar-refractivity contribution in [2.45, 2.75) is 13.5 Å². The van der Waals surface area contributed by atoms with Crippen LogP contribution in [0.2, 0.25) is 0 Å². The van der Waals surface area contributed by atoms with E-state index < -0.39 is 0 Å². The molecule has 0 saturated carbocycles. The van der Waals surface area contributed by atoms with Crippen molar-refractivity contribution in [1.29, 1.82) is 0 Å². The molecule has 0 aliphatic heterocycles. The third-order valence-corrected chi connectivity index (χ3v) is 4.01. The first-order valence-corrected chi connectivity index (χ1v) is 8.59. The second-order valence-corrected chi connectivity index (χ2v) is 6.10. The average Bonchev–Trinajstić information content (AvgIpc) is 2.68. The molecule has 0 saturated heterocycles. The molecule has 0 aromatic heterocycles. The highest BCUT2D eigenvalue weighted by Gasteiger charge is 2.07. The Kier molecular flexibility index (Phi) is 5.84. The van der Waals surface area contributed by atoms with E-state index in [4.69, 9.17) is 10.5 Å². The molecule has 0 aliphatic carbocycles. The van der Waals surface area contributed by atoms with Crippen molar-refractivity contribution in [2.75, 3.05) is 5.73 Å². The largest absolute Gasteiger partial charge is 0.488 e. The van der Waals surface area contributed by atoms with Crippen LogP contribution >= 0.6 is 0 Å². The molecule has 5 heteroatoms.